The van der Waals surface area contributed by atoms with Gasteiger partial charge in [0.05, 0.1) is 12.5 Å². The second-order valence-corrected chi connectivity index (χ2v) is 4.88. The molecule has 5 N–H and O–H groups in total. The number of carbonyl (C=O) groups excluding carboxylic acids is 2. The summed E-state index contributed by atoms with van der Waals surface area (Å²) in [6.07, 6.45) is 1.17. The van der Waals surface area contributed by atoms with Crippen molar-refractivity contribution in [3.63, 3.8) is 0 Å². The van der Waals surface area contributed by atoms with Crippen molar-refractivity contribution in [2.24, 2.45) is 11.5 Å². The number of primary amides is 2. The minimum Gasteiger partial charge on any atom is -0.369 e. The van der Waals surface area contributed by atoms with Gasteiger partial charge in [0.1, 0.15) is 6.79 Å². The van der Waals surface area contributed by atoms with Gasteiger partial charge in [-0.1, -0.05) is 24.3 Å². The maximum Gasteiger partial charge on any atom is 0.312 e. The molecule has 1 atom stereocenters. The summed E-state index contributed by atoms with van der Waals surface area (Å²) in [6.45, 7) is 1.10. The first-order chi connectivity index (χ1) is 10.5. The topological polar surface area (TPSA) is 117 Å². The molecular weight excluding hydrogens is 286 g/mol. The van der Waals surface area contributed by atoms with Crippen molar-refractivity contribution in [1.82, 2.24) is 5.32 Å². The van der Waals surface area contributed by atoms with Crippen molar-refractivity contribution in [3.05, 3.63) is 35.4 Å². The number of methoxy groups -OCH3 is 1. The lowest BCUT2D eigenvalue weighted by atomic mass is 9.93. The Bertz CT molecular complexity index is 476. The van der Waals surface area contributed by atoms with Crippen molar-refractivity contribution < 1.29 is 19.1 Å². The van der Waals surface area contributed by atoms with Crippen molar-refractivity contribution >= 4 is 11.9 Å². The molecule has 0 radical (unpaired) electrons. The van der Waals surface area contributed by atoms with E-state index in [9.17, 15) is 9.59 Å². The highest BCUT2D eigenvalue weighted by molar-refractivity contribution is 5.81. The zero-order valence-electron chi connectivity index (χ0n) is 12.7. The normalized spacial score (nSPS) is 11.9. The molecule has 0 fully saturated rings. The Morgan fingerprint density at radius 3 is 2.45 bits per heavy atom. The number of hydrogen-bond donors (Lipinski definition) is 3. The third kappa shape index (κ3) is 6.55. The summed E-state index contributed by atoms with van der Waals surface area (Å²) in [6, 6.07) is 6.94. The van der Waals surface area contributed by atoms with Gasteiger partial charge in [-0.3, -0.25) is 4.79 Å². The Hall–Kier alpha value is -2.12. The lowest BCUT2D eigenvalue weighted by Crippen LogP contribution is -2.30. The molecule has 0 bridgehead atoms. The number of carbonyl (C=O) groups is 2. The number of benzene rings is 1. The zero-order valence-corrected chi connectivity index (χ0v) is 12.7. The van der Waals surface area contributed by atoms with Gasteiger partial charge in [0.2, 0.25) is 5.91 Å². The van der Waals surface area contributed by atoms with Crippen LogP contribution in [0.15, 0.2) is 24.3 Å². The Balaban J connectivity index is 2.56. The number of ether oxygens (including phenoxy) is 2. The molecule has 7 nitrogen and oxygen atoms in total. The van der Waals surface area contributed by atoms with Crippen LogP contribution in [0.4, 0.5) is 4.79 Å². The average Bonchev–Trinajstić information content (AvgIpc) is 2.48. The van der Waals surface area contributed by atoms with E-state index in [2.05, 4.69) is 5.32 Å². The molecule has 1 rings (SSSR count). The number of rotatable bonds is 10. The van der Waals surface area contributed by atoms with Gasteiger partial charge in [0.25, 0.3) is 0 Å². The lowest BCUT2D eigenvalue weighted by Gasteiger charge is -2.14. The highest BCUT2D eigenvalue weighted by atomic mass is 16.7. The number of amides is 3. The predicted octanol–water partition coefficient (Wildman–Crippen LogP) is 0.825. The van der Waals surface area contributed by atoms with Crippen LogP contribution in [0.25, 0.3) is 0 Å². The van der Waals surface area contributed by atoms with E-state index in [-0.39, 0.29) is 18.6 Å². The quantitative estimate of drug-likeness (QED) is 0.438. The fourth-order valence-corrected chi connectivity index (χ4v) is 2.08. The van der Waals surface area contributed by atoms with Crippen LogP contribution in [-0.2, 0) is 20.9 Å². The molecule has 0 aromatic heterocycles. The zero-order chi connectivity index (χ0) is 16.4. The number of hydrogen-bond acceptors (Lipinski definition) is 4. The molecule has 0 spiro atoms. The Labute approximate surface area is 129 Å². The molecule has 22 heavy (non-hydrogen) atoms. The molecule has 7 heteroatoms. The fraction of sp³-hybridized carbons (Fsp3) is 0.467. The monoisotopic (exact) mass is 309 g/mol. The molecule has 0 aliphatic rings. The van der Waals surface area contributed by atoms with Gasteiger partial charge in [-0.25, -0.2) is 4.79 Å². The number of nitrogens with one attached hydrogen (secondary N) is 1. The smallest absolute Gasteiger partial charge is 0.312 e. The molecule has 0 saturated heterocycles. The number of nitrogens with two attached hydrogens (primary N) is 2. The van der Waals surface area contributed by atoms with Crippen LogP contribution in [-0.4, -0.2) is 32.4 Å². The van der Waals surface area contributed by atoms with Crippen LogP contribution >= 0.6 is 0 Å². The van der Waals surface area contributed by atoms with Crippen LogP contribution in [0.1, 0.15) is 29.9 Å². The highest BCUT2D eigenvalue weighted by Crippen LogP contribution is 2.21. The first kappa shape index (κ1) is 17.9. The Morgan fingerprint density at radius 2 is 1.91 bits per heavy atom. The van der Waals surface area contributed by atoms with E-state index in [4.69, 9.17) is 20.9 Å². The summed E-state index contributed by atoms with van der Waals surface area (Å²) in [4.78, 5) is 22.2. The van der Waals surface area contributed by atoms with Gasteiger partial charge in [-0.15, -0.1) is 0 Å². The van der Waals surface area contributed by atoms with Crippen LogP contribution in [0.2, 0.25) is 0 Å². The van der Waals surface area contributed by atoms with Crippen LogP contribution < -0.4 is 16.8 Å². The maximum atomic E-state index is 11.6. The largest absolute Gasteiger partial charge is 0.369 e. The first-order valence-electron chi connectivity index (χ1n) is 7.02. The lowest BCUT2D eigenvalue weighted by molar-refractivity contribution is -0.119. The molecule has 0 saturated carbocycles. The average molecular weight is 309 g/mol. The molecular formula is C15H23N3O4. The summed E-state index contributed by atoms with van der Waals surface area (Å²) >= 11 is 0. The Morgan fingerprint density at radius 1 is 1.23 bits per heavy atom. The predicted molar refractivity (Wildman–Crippen MR) is 81.9 cm³/mol. The number of urea groups is 1. The van der Waals surface area contributed by atoms with Gasteiger partial charge < -0.3 is 26.3 Å². The van der Waals surface area contributed by atoms with Gasteiger partial charge in [0, 0.05) is 13.7 Å². The van der Waals surface area contributed by atoms with Gasteiger partial charge in [0.15, 0.2) is 0 Å². The van der Waals surface area contributed by atoms with Crippen LogP contribution in [0.5, 0.6) is 0 Å². The summed E-state index contributed by atoms with van der Waals surface area (Å²) in [7, 11) is 1.56. The SMILES string of the molecule is COCOCc1ccc(C(CCCNC(N)=O)C(N)=O)cc1. The van der Waals surface area contributed by atoms with Crippen molar-refractivity contribution in [2.45, 2.75) is 25.4 Å². The molecule has 0 aliphatic heterocycles. The second-order valence-electron chi connectivity index (χ2n) is 4.88. The third-order valence-electron chi connectivity index (χ3n) is 3.16. The molecule has 1 aromatic carbocycles. The molecule has 122 valence electrons. The fourth-order valence-electron chi connectivity index (χ4n) is 2.08. The van der Waals surface area contributed by atoms with Gasteiger partial charge in [-0.05, 0) is 24.0 Å². The van der Waals surface area contributed by atoms with Gasteiger partial charge >= 0.3 is 6.03 Å². The Kier molecular flexibility index (Phi) is 7.95. The standard InChI is InChI=1S/C15H23N3O4/c1-21-10-22-9-11-4-6-12(7-5-11)13(14(16)19)3-2-8-18-15(17)20/h4-7,13H,2-3,8-10H2,1H3,(H2,16,19)(H3,17,18,20). The van der Waals surface area contributed by atoms with Crippen molar-refractivity contribution in [3.8, 4) is 0 Å². The van der Waals surface area contributed by atoms with E-state index in [1.807, 2.05) is 24.3 Å². The highest BCUT2D eigenvalue weighted by Gasteiger charge is 2.17. The minimum absolute atomic E-state index is 0.235. The first-order valence-corrected chi connectivity index (χ1v) is 7.02. The second kappa shape index (κ2) is 9.75. The van der Waals surface area contributed by atoms with Gasteiger partial charge in [-0.2, -0.15) is 0 Å². The molecule has 0 aliphatic carbocycles. The van der Waals surface area contributed by atoms with Crippen LogP contribution in [0.3, 0.4) is 0 Å². The third-order valence-corrected chi connectivity index (χ3v) is 3.16. The van der Waals surface area contributed by atoms with E-state index in [0.29, 0.717) is 26.0 Å². The van der Waals surface area contributed by atoms with Crippen molar-refractivity contribution in [2.75, 3.05) is 20.4 Å². The minimum atomic E-state index is -0.573. The molecule has 1 aromatic rings. The van der Waals surface area contributed by atoms with E-state index in [1.54, 1.807) is 7.11 Å². The molecule has 3 amide bonds. The van der Waals surface area contributed by atoms with E-state index in [1.165, 1.54) is 0 Å². The molecule has 1 unspecified atom stereocenters. The van der Waals surface area contributed by atoms with E-state index < -0.39 is 6.03 Å². The summed E-state index contributed by atoms with van der Waals surface area (Å²) in [5, 5.41) is 2.49. The van der Waals surface area contributed by atoms with E-state index in [0.717, 1.165) is 11.1 Å². The van der Waals surface area contributed by atoms with E-state index >= 15 is 0 Å². The summed E-state index contributed by atoms with van der Waals surface area (Å²) < 4.78 is 10.1. The van der Waals surface area contributed by atoms with Crippen molar-refractivity contribution in [1.29, 1.82) is 0 Å². The van der Waals surface area contributed by atoms with Crippen LogP contribution in [0, 0.1) is 0 Å². The summed E-state index contributed by atoms with van der Waals surface area (Å²) in [5.74, 6) is -0.772. The molecule has 0 heterocycles. The summed E-state index contributed by atoms with van der Waals surface area (Å²) in [5.41, 5.74) is 12.3. The maximum absolute atomic E-state index is 11.6.